The van der Waals surface area contributed by atoms with Gasteiger partial charge in [-0.25, -0.2) is 0 Å². The number of esters is 1. The van der Waals surface area contributed by atoms with Gasteiger partial charge in [-0.3, -0.25) is 4.79 Å². The summed E-state index contributed by atoms with van der Waals surface area (Å²) in [5, 5.41) is 4.93. The van der Waals surface area contributed by atoms with Crippen molar-refractivity contribution in [3.05, 3.63) is 90.0 Å². The third kappa shape index (κ3) is 4.59. The lowest BCUT2D eigenvalue weighted by atomic mass is 9.81. The number of benzene rings is 4. The Hall–Kier alpha value is -3.33. The van der Waals surface area contributed by atoms with Crippen molar-refractivity contribution in [2.45, 2.75) is 57.7 Å². The van der Waals surface area contributed by atoms with E-state index in [4.69, 9.17) is 9.47 Å². The van der Waals surface area contributed by atoms with Crippen LogP contribution >= 0.6 is 0 Å². The van der Waals surface area contributed by atoms with Gasteiger partial charge < -0.3 is 9.47 Å². The second-order valence-corrected chi connectivity index (χ2v) is 8.93. The summed E-state index contributed by atoms with van der Waals surface area (Å²) in [4.78, 5) is 11.9. The van der Waals surface area contributed by atoms with E-state index in [1.807, 2.05) is 6.92 Å². The molecular weight excluding hydrogens is 408 g/mol. The molecule has 168 valence electrons. The quantitative estimate of drug-likeness (QED) is 0.230. The molecule has 0 aliphatic heterocycles. The van der Waals surface area contributed by atoms with Gasteiger partial charge in [0.05, 0.1) is 0 Å². The van der Waals surface area contributed by atoms with Crippen LogP contribution in [0.25, 0.3) is 21.5 Å². The van der Waals surface area contributed by atoms with E-state index >= 15 is 0 Å². The highest BCUT2D eigenvalue weighted by Crippen LogP contribution is 2.36. The number of hydrogen-bond donors (Lipinski definition) is 0. The van der Waals surface area contributed by atoms with Crippen LogP contribution < -0.4 is 4.74 Å². The molecular formula is C30H30O3. The fourth-order valence-electron chi connectivity index (χ4n) is 5.10. The van der Waals surface area contributed by atoms with Crippen molar-refractivity contribution in [3.63, 3.8) is 0 Å². The average molecular weight is 439 g/mol. The highest BCUT2D eigenvalue weighted by atomic mass is 16.5. The van der Waals surface area contributed by atoms with Gasteiger partial charge in [0, 0.05) is 17.9 Å². The zero-order valence-electron chi connectivity index (χ0n) is 19.1. The van der Waals surface area contributed by atoms with Gasteiger partial charge in [-0.1, -0.05) is 74.0 Å². The van der Waals surface area contributed by atoms with Crippen LogP contribution in [0.1, 0.15) is 56.1 Å². The van der Waals surface area contributed by atoms with E-state index in [-0.39, 0.29) is 18.0 Å². The van der Waals surface area contributed by atoms with Crippen LogP contribution in [-0.2, 0) is 16.1 Å². The number of carbonyl (C=O) groups is 1. The molecule has 0 bridgehead atoms. The van der Waals surface area contributed by atoms with Crippen LogP contribution in [0.4, 0.5) is 0 Å². The molecule has 0 unspecified atom stereocenters. The molecule has 0 aromatic heterocycles. The Balaban J connectivity index is 1.36. The first-order valence-corrected chi connectivity index (χ1v) is 12.0. The Labute approximate surface area is 195 Å². The largest absolute Gasteiger partial charge is 0.489 e. The highest BCUT2D eigenvalue weighted by molar-refractivity contribution is 6.02. The van der Waals surface area contributed by atoms with Gasteiger partial charge in [-0.05, 0) is 64.6 Å². The van der Waals surface area contributed by atoms with Crippen molar-refractivity contribution in [2.24, 2.45) is 0 Å². The van der Waals surface area contributed by atoms with Crippen molar-refractivity contribution in [3.8, 4) is 5.75 Å². The predicted octanol–water partition coefficient (Wildman–Crippen LogP) is 7.55. The van der Waals surface area contributed by atoms with Gasteiger partial charge in [0.2, 0.25) is 0 Å². The fourth-order valence-corrected chi connectivity index (χ4v) is 5.10. The zero-order valence-corrected chi connectivity index (χ0v) is 19.1. The lowest BCUT2D eigenvalue weighted by Crippen LogP contribution is -2.28. The molecule has 0 saturated heterocycles. The summed E-state index contributed by atoms with van der Waals surface area (Å²) in [6, 6.07) is 27.6. The summed E-state index contributed by atoms with van der Waals surface area (Å²) in [6.07, 6.45) is 4.72. The average Bonchev–Trinajstić information content (AvgIpc) is 2.87. The van der Waals surface area contributed by atoms with Crippen LogP contribution in [0, 0.1) is 0 Å². The molecule has 1 aliphatic rings. The molecule has 0 radical (unpaired) electrons. The van der Waals surface area contributed by atoms with Crippen LogP contribution in [0.15, 0.2) is 78.9 Å². The number of fused-ring (bicyclic) bond motifs is 2. The first kappa shape index (κ1) is 21.5. The molecule has 2 atom stereocenters. The number of hydrogen-bond acceptors (Lipinski definition) is 3. The summed E-state index contributed by atoms with van der Waals surface area (Å²) in [6.45, 7) is 2.37. The Morgan fingerprint density at radius 1 is 0.848 bits per heavy atom. The molecule has 4 aromatic rings. The first-order valence-electron chi connectivity index (χ1n) is 12.0. The normalized spacial score (nSPS) is 18.3. The maximum atomic E-state index is 11.9. The van der Waals surface area contributed by atoms with E-state index in [1.165, 1.54) is 39.1 Å². The SMILES string of the molecule is CCC(=O)O[C@@H]1CCCC[C@H]1c1ccc(OCc2c3ccccc3cc3ccccc23)cc1. The van der Waals surface area contributed by atoms with Crippen molar-refractivity contribution in [1.82, 2.24) is 0 Å². The Kier molecular flexibility index (Phi) is 6.30. The lowest BCUT2D eigenvalue weighted by Gasteiger charge is -2.31. The standard InChI is InChI=1S/C30H30O3/c1-2-30(31)33-29-14-8-7-13-27(29)21-15-17-24(18-16-21)32-20-28-25-11-5-3-9-22(25)19-23-10-4-6-12-26(23)28/h3-6,9-12,15-19,27,29H,2,7-8,13-14,20H2,1H3/t27-,29+/m0/s1. The minimum Gasteiger partial charge on any atom is -0.489 e. The molecule has 0 N–H and O–H groups in total. The molecule has 1 fully saturated rings. The molecule has 5 rings (SSSR count). The molecule has 33 heavy (non-hydrogen) atoms. The Morgan fingerprint density at radius 2 is 1.48 bits per heavy atom. The third-order valence-electron chi connectivity index (χ3n) is 6.85. The summed E-state index contributed by atoms with van der Waals surface area (Å²) in [5.74, 6) is 1.02. The summed E-state index contributed by atoms with van der Waals surface area (Å²) >= 11 is 0. The monoisotopic (exact) mass is 438 g/mol. The van der Waals surface area contributed by atoms with E-state index < -0.39 is 0 Å². The van der Waals surface area contributed by atoms with Gasteiger partial charge in [0.1, 0.15) is 18.5 Å². The molecule has 0 heterocycles. The van der Waals surface area contributed by atoms with E-state index in [9.17, 15) is 4.79 Å². The van der Waals surface area contributed by atoms with E-state index in [0.717, 1.165) is 25.0 Å². The minimum atomic E-state index is -0.103. The lowest BCUT2D eigenvalue weighted by molar-refractivity contribution is -0.151. The van der Waals surface area contributed by atoms with Gasteiger partial charge >= 0.3 is 5.97 Å². The van der Waals surface area contributed by atoms with Gasteiger partial charge in [-0.15, -0.1) is 0 Å². The van der Waals surface area contributed by atoms with E-state index in [2.05, 4.69) is 78.9 Å². The predicted molar refractivity (Wildman–Crippen MR) is 134 cm³/mol. The maximum absolute atomic E-state index is 11.9. The first-order chi connectivity index (χ1) is 16.2. The molecule has 0 spiro atoms. The van der Waals surface area contributed by atoms with Crippen molar-refractivity contribution >= 4 is 27.5 Å². The molecule has 3 heteroatoms. The summed E-state index contributed by atoms with van der Waals surface area (Å²) in [7, 11) is 0. The third-order valence-corrected chi connectivity index (χ3v) is 6.85. The van der Waals surface area contributed by atoms with Crippen LogP contribution in [0.2, 0.25) is 0 Å². The molecule has 1 saturated carbocycles. The van der Waals surface area contributed by atoms with Crippen molar-refractivity contribution < 1.29 is 14.3 Å². The molecule has 4 aromatic carbocycles. The number of rotatable bonds is 6. The second kappa shape index (κ2) is 9.66. The molecule has 3 nitrogen and oxygen atoms in total. The van der Waals surface area contributed by atoms with Crippen LogP contribution in [0.5, 0.6) is 5.75 Å². The van der Waals surface area contributed by atoms with Crippen molar-refractivity contribution in [2.75, 3.05) is 0 Å². The molecule has 1 aliphatic carbocycles. The fraction of sp³-hybridized carbons (Fsp3) is 0.300. The second-order valence-electron chi connectivity index (χ2n) is 8.93. The van der Waals surface area contributed by atoms with E-state index in [0.29, 0.717) is 13.0 Å². The minimum absolute atomic E-state index is 0.0139. The summed E-state index contributed by atoms with van der Waals surface area (Å²) < 4.78 is 12.0. The zero-order chi connectivity index (χ0) is 22.6. The topological polar surface area (TPSA) is 35.5 Å². The smallest absolute Gasteiger partial charge is 0.305 e. The van der Waals surface area contributed by atoms with Crippen LogP contribution in [-0.4, -0.2) is 12.1 Å². The van der Waals surface area contributed by atoms with Crippen molar-refractivity contribution in [1.29, 1.82) is 0 Å². The number of carbonyl (C=O) groups excluding carboxylic acids is 1. The maximum Gasteiger partial charge on any atom is 0.305 e. The molecule has 0 amide bonds. The van der Waals surface area contributed by atoms with Crippen LogP contribution in [0.3, 0.4) is 0 Å². The van der Waals surface area contributed by atoms with Gasteiger partial charge in [0.25, 0.3) is 0 Å². The summed E-state index contributed by atoms with van der Waals surface area (Å²) in [5.41, 5.74) is 2.44. The van der Waals surface area contributed by atoms with E-state index in [1.54, 1.807) is 0 Å². The van der Waals surface area contributed by atoms with Gasteiger partial charge in [-0.2, -0.15) is 0 Å². The highest BCUT2D eigenvalue weighted by Gasteiger charge is 2.29. The Bertz CT molecular complexity index is 1200. The van der Waals surface area contributed by atoms with Gasteiger partial charge in [0.15, 0.2) is 0 Å². The Morgan fingerprint density at radius 3 is 2.15 bits per heavy atom. The number of ether oxygens (including phenoxy) is 2.